The molecule has 24 heavy (non-hydrogen) atoms. The van der Waals surface area contributed by atoms with Crippen LogP contribution in [0.3, 0.4) is 0 Å². The second-order valence-corrected chi connectivity index (χ2v) is 6.64. The van der Waals surface area contributed by atoms with Crippen LogP contribution < -0.4 is 5.32 Å². The zero-order valence-electron chi connectivity index (χ0n) is 15.1. The minimum absolute atomic E-state index is 0.0866. The Kier molecular flexibility index (Phi) is 5.98. The topological polar surface area (TPSA) is 65.4 Å². The van der Waals surface area contributed by atoms with Crippen molar-refractivity contribution in [3.8, 4) is 6.07 Å². The van der Waals surface area contributed by atoms with Gasteiger partial charge in [-0.1, -0.05) is 17.7 Å². The molecule has 1 fully saturated rings. The van der Waals surface area contributed by atoms with Crippen LogP contribution in [0.2, 0.25) is 0 Å². The number of aryl methyl sites for hydroxylation is 3. The summed E-state index contributed by atoms with van der Waals surface area (Å²) in [6.45, 7) is 10.00. The van der Waals surface area contributed by atoms with E-state index in [-0.39, 0.29) is 5.91 Å². The highest BCUT2D eigenvalue weighted by molar-refractivity contribution is 5.80. The van der Waals surface area contributed by atoms with E-state index in [1.54, 1.807) is 0 Å². The van der Waals surface area contributed by atoms with Crippen LogP contribution >= 0.6 is 0 Å². The van der Waals surface area contributed by atoms with Crippen LogP contribution in [-0.2, 0) is 16.1 Å². The van der Waals surface area contributed by atoms with Gasteiger partial charge >= 0.3 is 0 Å². The van der Waals surface area contributed by atoms with E-state index >= 15 is 0 Å². The summed E-state index contributed by atoms with van der Waals surface area (Å²) in [5.74, 6) is -0.0866. The lowest BCUT2D eigenvalue weighted by Crippen LogP contribution is -2.54. The first-order chi connectivity index (χ1) is 11.4. The molecule has 130 valence electrons. The predicted octanol–water partition coefficient (Wildman–Crippen LogP) is 2.58. The third-order valence-corrected chi connectivity index (χ3v) is 4.66. The summed E-state index contributed by atoms with van der Waals surface area (Å²) in [5, 5.41) is 14.4. The summed E-state index contributed by atoms with van der Waals surface area (Å²) in [5.41, 5.74) is 3.72. The Bertz CT molecular complexity index is 617. The molecule has 0 aromatic heterocycles. The third-order valence-electron chi connectivity index (χ3n) is 4.66. The summed E-state index contributed by atoms with van der Waals surface area (Å²) < 4.78 is 0. The molecule has 5 heteroatoms. The van der Waals surface area contributed by atoms with Crippen molar-refractivity contribution in [2.75, 3.05) is 19.7 Å². The molecule has 1 N–H and O–H groups in total. The van der Waals surface area contributed by atoms with Crippen molar-refractivity contribution in [2.45, 2.75) is 52.5 Å². The highest BCUT2D eigenvalue weighted by atomic mass is 16.7. The van der Waals surface area contributed by atoms with Crippen molar-refractivity contribution in [3.63, 3.8) is 0 Å². The fourth-order valence-electron chi connectivity index (χ4n) is 3.40. The molecule has 2 rings (SSSR count). The molecule has 1 heterocycles. The largest absolute Gasteiger partial charge is 0.337 e. The van der Waals surface area contributed by atoms with Gasteiger partial charge < -0.3 is 5.32 Å². The number of nitrogens with zero attached hydrogens (tertiary/aromatic N) is 2. The Morgan fingerprint density at radius 1 is 1.29 bits per heavy atom. The zero-order chi connectivity index (χ0) is 17.7. The van der Waals surface area contributed by atoms with E-state index in [0.29, 0.717) is 39.0 Å². The quantitative estimate of drug-likeness (QED) is 0.902. The lowest BCUT2D eigenvalue weighted by Gasteiger charge is -2.36. The Morgan fingerprint density at radius 2 is 1.88 bits per heavy atom. The van der Waals surface area contributed by atoms with Crippen LogP contribution in [0.15, 0.2) is 12.1 Å². The molecule has 0 bridgehead atoms. The second kappa shape index (κ2) is 7.78. The molecule has 0 radical (unpaired) electrons. The van der Waals surface area contributed by atoms with Gasteiger partial charge in [0, 0.05) is 13.1 Å². The maximum Gasteiger partial charge on any atom is 0.225 e. The summed E-state index contributed by atoms with van der Waals surface area (Å²) in [7, 11) is 0. The van der Waals surface area contributed by atoms with Gasteiger partial charge in [0.1, 0.15) is 5.54 Å². The number of rotatable bonds is 5. The smallest absolute Gasteiger partial charge is 0.225 e. The average Bonchev–Trinajstić information content (AvgIpc) is 2.53. The van der Waals surface area contributed by atoms with Crippen LogP contribution in [0.4, 0.5) is 0 Å². The number of hydrogen-bond acceptors (Lipinski definition) is 4. The van der Waals surface area contributed by atoms with Crippen LogP contribution in [0.25, 0.3) is 0 Å². The maximum absolute atomic E-state index is 12.5. The SMILES string of the molecule is CCON1CCC(C#N)(NC(=O)Cc2c(C)cc(C)cc2C)CC1. The molecule has 1 aliphatic heterocycles. The van der Waals surface area contributed by atoms with E-state index in [2.05, 4.69) is 30.4 Å². The second-order valence-electron chi connectivity index (χ2n) is 6.64. The molecule has 0 unspecified atom stereocenters. The molecule has 5 nitrogen and oxygen atoms in total. The molecular formula is C19H27N3O2. The Labute approximate surface area is 144 Å². The van der Waals surface area contributed by atoms with E-state index in [0.717, 1.165) is 16.7 Å². The molecule has 1 aliphatic rings. The van der Waals surface area contributed by atoms with E-state index in [4.69, 9.17) is 4.84 Å². The number of nitrogens with one attached hydrogen (secondary N) is 1. The van der Waals surface area contributed by atoms with Gasteiger partial charge in [-0.3, -0.25) is 9.63 Å². The van der Waals surface area contributed by atoms with Crippen molar-refractivity contribution in [1.82, 2.24) is 10.4 Å². The molecule has 1 aromatic carbocycles. The monoisotopic (exact) mass is 329 g/mol. The van der Waals surface area contributed by atoms with Gasteiger partial charge in [-0.05, 0) is 57.2 Å². The van der Waals surface area contributed by atoms with Crippen LogP contribution in [0.1, 0.15) is 42.0 Å². The minimum atomic E-state index is -0.781. The van der Waals surface area contributed by atoms with Crippen molar-refractivity contribution >= 4 is 5.91 Å². The highest BCUT2D eigenvalue weighted by Crippen LogP contribution is 2.23. The molecule has 1 aromatic rings. The third kappa shape index (κ3) is 4.34. The summed E-state index contributed by atoms with van der Waals surface area (Å²) in [6, 6.07) is 6.51. The van der Waals surface area contributed by atoms with Gasteiger partial charge in [-0.25, -0.2) is 0 Å². The number of hydroxylamine groups is 2. The normalized spacial score (nSPS) is 17.3. The lowest BCUT2D eigenvalue weighted by molar-refractivity contribution is -0.171. The Hall–Kier alpha value is -1.90. The highest BCUT2D eigenvalue weighted by Gasteiger charge is 2.36. The van der Waals surface area contributed by atoms with Crippen LogP contribution in [-0.4, -0.2) is 36.2 Å². The predicted molar refractivity (Wildman–Crippen MR) is 93.3 cm³/mol. The Balaban J connectivity index is 2.02. The molecule has 1 amide bonds. The van der Waals surface area contributed by atoms with Gasteiger partial charge in [0.25, 0.3) is 0 Å². The fourth-order valence-corrected chi connectivity index (χ4v) is 3.40. The first kappa shape index (κ1) is 18.4. The molecule has 0 atom stereocenters. The Morgan fingerprint density at radius 3 is 2.38 bits per heavy atom. The fraction of sp³-hybridized carbons (Fsp3) is 0.579. The molecular weight excluding hydrogens is 302 g/mol. The summed E-state index contributed by atoms with van der Waals surface area (Å²) in [4.78, 5) is 18.0. The first-order valence-electron chi connectivity index (χ1n) is 8.56. The van der Waals surface area contributed by atoms with E-state index in [1.165, 1.54) is 5.56 Å². The van der Waals surface area contributed by atoms with E-state index in [1.807, 2.05) is 25.8 Å². The first-order valence-corrected chi connectivity index (χ1v) is 8.56. The number of amides is 1. The van der Waals surface area contributed by atoms with Gasteiger partial charge in [0.05, 0.1) is 19.1 Å². The van der Waals surface area contributed by atoms with Gasteiger partial charge in [-0.2, -0.15) is 10.3 Å². The summed E-state index contributed by atoms with van der Waals surface area (Å²) in [6.07, 6.45) is 1.48. The molecule has 0 spiro atoms. The number of benzene rings is 1. The van der Waals surface area contributed by atoms with Crippen molar-refractivity contribution in [2.24, 2.45) is 0 Å². The average molecular weight is 329 g/mol. The van der Waals surface area contributed by atoms with Crippen molar-refractivity contribution < 1.29 is 9.63 Å². The van der Waals surface area contributed by atoms with Crippen molar-refractivity contribution in [1.29, 1.82) is 5.26 Å². The maximum atomic E-state index is 12.5. The van der Waals surface area contributed by atoms with Crippen molar-refractivity contribution in [3.05, 3.63) is 34.4 Å². The number of hydrogen-bond donors (Lipinski definition) is 1. The minimum Gasteiger partial charge on any atom is -0.337 e. The molecule has 0 saturated carbocycles. The summed E-state index contributed by atoms with van der Waals surface area (Å²) >= 11 is 0. The van der Waals surface area contributed by atoms with Gasteiger partial charge in [0.2, 0.25) is 5.91 Å². The standard InChI is InChI=1S/C19H27N3O2/c1-5-24-22-8-6-19(13-20,7-9-22)21-18(23)12-17-15(3)10-14(2)11-16(17)4/h10-11H,5-9,12H2,1-4H3,(H,21,23). The zero-order valence-corrected chi connectivity index (χ0v) is 15.1. The molecule has 0 aliphatic carbocycles. The van der Waals surface area contributed by atoms with Crippen LogP contribution in [0, 0.1) is 32.1 Å². The number of carbonyl (C=O) groups is 1. The molecule has 1 saturated heterocycles. The van der Waals surface area contributed by atoms with Gasteiger partial charge in [0.15, 0.2) is 0 Å². The van der Waals surface area contributed by atoms with Crippen LogP contribution in [0.5, 0.6) is 0 Å². The lowest BCUT2D eigenvalue weighted by atomic mass is 9.89. The number of nitriles is 1. The number of carbonyl (C=O) groups excluding carboxylic acids is 1. The van der Waals surface area contributed by atoms with E-state index < -0.39 is 5.54 Å². The van der Waals surface area contributed by atoms with E-state index in [9.17, 15) is 10.1 Å². The number of piperidine rings is 1. The van der Waals surface area contributed by atoms with Gasteiger partial charge in [-0.15, -0.1) is 0 Å².